The van der Waals surface area contributed by atoms with Crippen molar-refractivity contribution >= 4 is 5.91 Å². The summed E-state index contributed by atoms with van der Waals surface area (Å²) in [6.45, 7) is 2.05. The second-order valence-electron chi connectivity index (χ2n) is 7.07. The van der Waals surface area contributed by atoms with Crippen molar-refractivity contribution in [3.8, 4) is 17.0 Å². The van der Waals surface area contributed by atoms with Gasteiger partial charge in [-0.25, -0.2) is 0 Å². The summed E-state index contributed by atoms with van der Waals surface area (Å²) >= 11 is 0. The summed E-state index contributed by atoms with van der Waals surface area (Å²) in [4.78, 5) is 21.7. The van der Waals surface area contributed by atoms with E-state index in [2.05, 4.69) is 14.9 Å². The van der Waals surface area contributed by atoms with Crippen LogP contribution in [0.3, 0.4) is 0 Å². The third-order valence-electron chi connectivity index (χ3n) is 5.60. The van der Waals surface area contributed by atoms with Gasteiger partial charge in [-0.05, 0) is 25.0 Å². The first-order chi connectivity index (χ1) is 11.7. The molecule has 0 aromatic carbocycles. The minimum atomic E-state index is -0.439. The zero-order valence-corrected chi connectivity index (χ0v) is 13.4. The first-order valence-electron chi connectivity index (χ1n) is 8.57. The summed E-state index contributed by atoms with van der Waals surface area (Å²) < 4.78 is 6.47. The van der Waals surface area contributed by atoms with Crippen LogP contribution in [-0.4, -0.2) is 39.9 Å². The van der Waals surface area contributed by atoms with Gasteiger partial charge in [-0.1, -0.05) is 0 Å². The predicted molar refractivity (Wildman–Crippen MR) is 88.7 cm³/mol. The molecule has 3 aliphatic rings. The van der Waals surface area contributed by atoms with Gasteiger partial charge in [0.1, 0.15) is 17.0 Å². The van der Waals surface area contributed by atoms with Crippen LogP contribution < -0.4 is 10.5 Å². The minimum absolute atomic E-state index is 0.388. The number of primary amides is 1. The first kappa shape index (κ1) is 14.0. The number of piperidine rings is 1. The predicted octanol–water partition coefficient (Wildman–Crippen LogP) is 2.02. The normalized spacial score (nSPS) is 21.8. The number of likely N-dealkylation sites (tertiary alicyclic amines) is 1. The van der Waals surface area contributed by atoms with E-state index in [0.717, 1.165) is 54.5 Å². The highest BCUT2D eigenvalue weighted by Gasteiger charge is 2.46. The van der Waals surface area contributed by atoms with Gasteiger partial charge in [-0.15, -0.1) is 0 Å². The molecule has 1 saturated heterocycles. The molecular weight excluding hydrogens is 304 g/mol. The smallest absolute Gasteiger partial charge is 0.265 e. The van der Waals surface area contributed by atoms with Crippen LogP contribution in [0.25, 0.3) is 11.3 Å². The SMILES string of the molecule is NC(=O)c1cc2c([nH]1)-c1ccncc1OC21CCN(C2CC2)CC1. The van der Waals surface area contributed by atoms with Crippen molar-refractivity contribution in [2.45, 2.75) is 37.3 Å². The Morgan fingerprint density at radius 2 is 2.17 bits per heavy atom. The quantitative estimate of drug-likeness (QED) is 0.885. The second-order valence-corrected chi connectivity index (χ2v) is 7.07. The van der Waals surface area contributed by atoms with E-state index in [0.29, 0.717) is 5.69 Å². The molecular formula is C18H20N4O2. The average molecular weight is 324 g/mol. The summed E-state index contributed by atoms with van der Waals surface area (Å²) in [6, 6.07) is 4.57. The highest BCUT2D eigenvalue weighted by atomic mass is 16.5. The van der Waals surface area contributed by atoms with Crippen molar-refractivity contribution in [1.29, 1.82) is 0 Å². The Balaban J connectivity index is 1.59. The Morgan fingerprint density at radius 3 is 2.88 bits per heavy atom. The van der Waals surface area contributed by atoms with Gasteiger partial charge >= 0.3 is 0 Å². The molecule has 0 unspecified atom stereocenters. The highest BCUT2D eigenvalue weighted by Crippen LogP contribution is 2.50. The maximum atomic E-state index is 11.7. The third-order valence-corrected chi connectivity index (χ3v) is 5.60. The maximum absolute atomic E-state index is 11.7. The number of aromatic amines is 1. The molecule has 124 valence electrons. The lowest BCUT2D eigenvalue weighted by atomic mass is 9.81. The first-order valence-corrected chi connectivity index (χ1v) is 8.57. The van der Waals surface area contributed by atoms with Gasteiger partial charge in [0, 0.05) is 49.3 Å². The number of nitrogens with one attached hydrogen (secondary N) is 1. The largest absolute Gasteiger partial charge is 0.480 e. The van der Waals surface area contributed by atoms with Crippen molar-refractivity contribution in [2.24, 2.45) is 5.73 Å². The zero-order chi connectivity index (χ0) is 16.3. The van der Waals surface area contributed by atoms with Crippen LogP contribution in [0.2, 0.25) is 0 Å². The Labute approximate surface area is 140 Å². The van der Waals surface area contributed by atoms with E-state index in [1.165, 1.54) is 12.8 Å². The average Bonchev–Trinajstić information content (AvgIpc) is 3.32. The van der Waals surface area contributed by atoms with Crippen molar-refractivity contribution in [3.05, 3.63) is 35.8 Å². The molecule has 2 fully saturated rings. The Morgan fingerprint density at radius 1 is 1.38 bits per heavy atom. The van der Waals surface area contributed by atoms with Crippen molar-refractivity contribution in [3.63, 3.8) is 0 Å². The molecule has 2 aromatic heterocycles. The van der Waals surface area contributed by atoms with Crippen molar-refractivity contribution in [1.82, 2.24) is 14.9 Å². The fourth-order valence-corrected chi connectivity index (χ4v) is 4.15. The molecule has 0 radical (unpaired) electrons. The van der Waals surface area contributed by atoms with Crippen LogP contribution in [0.5, 0.6) is 5.75 Å². The van der Waals surface area contributed by atoms with Crippen LogP contribution in [0.15, 0.2) is 24.5 Å². The molecule has 4 heterocycles. The fraction of sp³-hybridized carbons (Fsp3) is 0.444. The summed E-state index contributed by atoms with van der Waals surface area (Å²) in [6.07, 6.45) is 7.98. The number of nitrogens with zero attached hydrogens (tertiary/aromatic N) is 2. The Hall–Kier alpha value is -2.34. The molecule has 1 aliphatic carbocycles. The maximum Gasteiger partial charge on any atom is 0.265 e. The van der Waals surface area contributed by atoms with E-state index in [9.17, 15) is 4.79 Å². The molecule has 2 aliphatic heterocycles. The van der Waals surface area contributed by atoms with Crippen LogP contribution in [0, 0.1) is 0 Å². The lowest BCUT2D eigenvalue weighted by Gasteiger charge is -2.44. The van der Waals surface area contributed by atoms with Crippen molar-refractivity contribution < 1.29 is 9.53 Å². The Kier molecular flexibility index (Phi) is 2.83. The van der Waals surface area contributed by atoms with Gasteiger partial charge in [0.05, 0.1) is 11.9 Å². The van der Waals surface area contributed by atoms with Crippen LogP contribution >= 0.6 is 0 Å². The molecule has 5 rings (SSSR count). The minimum Gasteiger partial charge on any atom is -0.480 e. The number of amides is 1. The highest BCUT2D eigenvalue weighted by molar-refractivity contribution is 5.93. The lowest BCUT2D eigenvalue weighted by Crippen LogP contribution is -2.47. The number of H-pyrrole nitrogens is 1. The monoisotopic (exact) mass is 324 g/mol. The molecule has 6 heteroatoms. The van der Waals surface area contributed by atoms with E-state index in [4.69, 9.17) is 10.5 Å². The summed E-state index contributed by atoms with van der Waals surface area (Å²) in [5.41, 5.74) is 8.51. The van der Waals surface area contributed by atoms with Crippen LogP contribution in [-0.2, 0) is 5.60 Å². The number of aromatic nitrogens is 2. The molecule has 1 amide bonds. The van der Waals surface area contributed by atoms with E-state index >= 15 is 0 Å². The van der Waals surface area contributed by atoms with Gasteiger partial charge in [-0.3, -0.25) is 9.78 Å². The summed E-state index contributed by atoms with van der Waals surface area (Å²) in [7, 11) is 0. The van der Waals surface area contributed by atoms with Crippen molar-refractivity contribution in [2.75, 3.05) is 13.1 Å². The molecule has 2 aromatic rings. The molecule has 1 spiro atoms. The number of hydrogen-bond acceptors (Lipinski definition) is 4. The number of carbonyl (C=O) groups is 1. The molecule has 0 atom stereocenters. The molecule has 3 N–H and O–H groups in total. The van der Waals surface area contributed by atoms with Gasteiger partial charge in [-0.2, -0.15) is 0 Å². The molecule has 0 bridgehead atoms. The van der Waals surface area contributed by atoms with Gasteiger partial charge < -0.3 is 20.4 Å². The van der Waals surface area contributed by atoms with Gasteiger partial charge in [0.15, 0.2) is 0 Å². The van der Waals surface area contributed by atoms with E-state index in [1.54, 1.807) is 12.4 Å². The second kappa shape index (κ2) is 4.83. The molecule has 1 saturated carbocycles. The zero-order valence-electron chi connectivity index (χ0n) is 13.4. The van der Waals surface area contributed by atoms with E-state index < -0.39 is 5.91 Å². The van der Waals surface area contributed by atoms with E-state index in [1.807, 2.05) is 12.1 Å². The third kappa shape index (κ3) is 1.99. The van der Waals surface area contributed by atoms with Crippen LogP contribution in [0.4, 0.5) is 0 Å². The lowest BCUT2D eigenvalue weighted by molar-refractivity contribution is -0.00702. The van der Waals surface area contributed by atoms with Gasteiger partial charge in [0.2, 0.25) is 0 Å². The Bertz CT molecular complexity index is 816. The van der Waals surface area contributed by atoms with E-state index in [-0.39, 0.29) is 5.60 Å². The number of hydrogen-bond donors (Lipinski definition) is 2. The molecule has 24 heavy (non-hydrogen) atoms. The van der Waals surface area contributed by atoms with Crippen LogP contribution in [0.1, 0.15) is 41.7 Å². The number of carbonyl (C=O) groups excluding carboxylic acids is 1. The number of fused-ring (bicyclic) bond motifs is 4. The number of pyridine rings is 1. The fourth-order valence-electron chi connectivity index (χ4n) is 4.15. The standard InChI is InChI=1S/C18H20N4O2/c19-17(23)14-9-13-16(21-14)12-3-6-20-10-15(12)24-18(13)4-7-22(8-5-18)11-1-2-11/h3,6,9-11,21H,1-2,4-5,7-8H2,(H2,19,23). The summed E-state index contributed by atoms with van der Waals surface area (Å²) in [5.74, 6) is 0.341. The summed E-state index contributed by atoms with van der Waals surface area (Å²) in [5, 5.41) is 0. The number of nitrogens with two attached hydrogens (primary N) is 1. The topological polar surface area (TPSA) is 84.2 Å². The van der Waals surface area contributed by atoms with Gasteiger partial charge in [0.25, 0.3) is 5.91 Å². The number of ether oxygens (including phenoxy) is 1. The number of rotatable bonds is 2. The molecule has 6 nitrogen and oxygen atoms in total.